The van der Waals surface area contributed by atoms with Gasteiger partial charge < -0.3 is 10.1 Å². The van der Waals surface area contributed by atoms with Gasteiger partial charge in [-0.15, -0.1) is 0 Å². The van der Waals surface area contributed by atoms with Crippen molar-refractivity contribution in [2.45, 2.75) is 6.18 Å². The van der Waals surface area contributed by atoms with Crippen LogP contribution in [-0.2, 0) is 6.18 Å². The molecule has 2 rings (SSSR count). The summed E-state index contributed by atoms with van der Waals surface area (Å²) in [4.78, 5) is 34.5. The summed E-state index contributed by atoms with van der Waals surface area (Å²) in [7, 11) is 0. The van der Waals surface area contributed by atoms with Crippen LogP contribution in [0, 0.1) is 10.1 Å². The van der Waals surface area contributed by atoms with Gasteiger partial charge in [-0.3, -0.25) is 19.7 Å². The number of nitrogens with one attached hydrogen (secondary N) is 1. The van der Waals surface area contributed by atoms with Gasteiger partial charge in [0, 0.05) is 6.07 Å². The van der Waals surface area contributed by atoms with Crippen molar-refractivity contribution in [3.8, 4) is 5.75 Å². The first-order valence-electron chi connectivity index (χ1n) is 5.38. The first kappa shape index (κ1) is 15.8. The lowest BCUT2D eigenvalue weighted by Crippen LogP contribution is -2.12. The predicted octanol–water partition coefficient (Wildman–Crippen LogP) is 2.17. The van der Waals surface area contributed by atoms with Crippen LogP contribution in [0.25, 0.3) is 10.9 Å². The lowest BCUT2D eigenvalue weighted by Gasteiger charge is -2.09. The molecule has 0 radical (unpaired) electrons. The van der Waals surface area contributed by atoms with E-state index in [2.05, 4.69) is 0 Å². The third kappa shape index (κ3) is 2.48. The minimum Gasteiger partial charge on any atom is -0.503 e. The first-order chi connectivity index (χ1) is 10.0. The van der Waals surface area contributed by atoms with E-state index in [0.717, 1.165) is 0 Å². The summed E-state index contributed by atoms with van der Waals surface area (Å²) < 4.78 is 38.7. The zero-order valence-corrected chi connectivity index (χ0v) is 10.9. The van der Waals surface area contributed by atoms with Crippen molar-refractivity contribution in [1.29, 1.82) is 0 Å². The highest BCUT2D eigenvalue weighted by Crippen LogP contribution is 2.41. The summed E-state index contributed by atoms with van der Waals surface area (Å²) >= 11 is 5.59. The van der Waals surface area contributed by atoms with Crippen LogP contribution in [0.5, 0.6) is 5.75 Å². The fourth-order valence-corrected chi connectivity index (χ4v) is 2.14. The molecule has 0 saturated heterocycles. The number of hydrogen-bond donors (Lipinski definition) is 2. The molecule has 1 aromatic carbocycles. The van der Waals surface area contributed by atoms with Gasteiger partial charge in [0.1, 0.15) is 11.1 Å². The Kier molecular flexibility index (Phi) is 3.57. The van der Waals surface area contributed by atoms with E-state index in [9.17, 15) is 38.0 Å². The van der Waals surface area contributed by atoms with E-state index in [-0.39, 0.29) is 6.07 Å². The third-order valence-electron chi connectivity index (χ3n) is 2.73. The molecule has 0 atom stereocenters. The van der Waals surface area contributed by atoms with Crippen LogP contribution in [0.1, 0.15) is 5.56 Å². The van der Waals surface area contributed by atoms with E-state index in [1.54, 1.807) is 4.98 Å². The van der Waals surface area contributed by atoms with Gasteiger partial charge in [0.05, 0.1) is 15.3 Å². The number of benzene rings is 1. The maximum atomic E-state index is 12.9. The molecule has 0 aliphatic rings. The number of aromatic nitrogens is 1. The summed E-state index contributed by atoms with van der Waals surface area (Å²) in [5, 5.41) is 18.8. The van der Waals surface area contributed by atoms with Gasteiger partial charge in [0.15, 0.2) is 11.2 Å². The van der Waals surface area contributed by atoms with Gasteiger partial charge in [0.25, 0.3) is 5.56 Å². The van der Waals surface area contributed by atoms with Gasteiger partial charge in [0.2, 0.25) is 0 Å². The van der Waals surface area contributed by atoms with Crippen molar-refractivity contribution in [2.24, 2.45) is 0 Å². The molecule has 0 aliphatic heterocycles. The smallest absolute Gasteiger partial charge is 0.423 e. The third-order valence-corrected chi connectivity index (χ3v) is 3.02. The summed E-state index contributed by atoms with van der Waals surface area (Å²) in [6.45, 7) is 0. The van der Waals surface area contributed by atoms with Crippen molar-refractivity contribution in [1.82, 2.24) is 4.98 Å². The minimum atomic E-state index is -5.14. The number of nitrogens with zero attached hydrogens (tertiary/aromatic N) is 1. The van der Waals surface area contributed by atoms with E-state index in [1.165, 1.54) is 0 Å². The number of nitro groups is 1. The number of nitro benzene ring substituents is 1. The number of alkyl halides is 3. The number of H-pyrrole nitrogens is 1. The monoisotopic (exact) mass is 336 g/mol. The van der Waals surface area contributed by atoms with Crippen LogP contribution in [0.4, 0.5) is 18.9 Å². The lowest BCUT2D eigenvalue weighted by molar-refractivity contribution is -0.386. The number of rotatable bonds is 1. The highest BCUT2D eigenvalue weighted by Gasteiger charge is 2.41. The lowest BCUT2D eigenvalue weighted by atomic mass is 10.1. The number of aromatic amines is 1. The predicted molar refractivity (Wildman–Crippen MR) is 69.2 cm³/mol. The quantitative estimate of drug-likeness (QED) is 0.612. The second-order valence-electron chi connectivity index (χ2n) is 4.11. The molecule has 0 bridgehead atoms. The SMILES string of the molecule is O=c1[nH]c2c([N+](=O)[O-])c(C(F)(F)F)cc(Cl)c2c(=O)cc1O. The molecule has 22 heavy (non-hydrogen) atoms. The van der Waals surface area contributed by atoms with Crippen molar-refractivity contribution >= 4 is 28.2 Å². The zero-order chi connectivity index (χ0) is 16.8. The minimum absolute atomic E-state index is 0.221. The Morgan fingerprint density at radius 2 is 1.86 bits per heavy atom. The van der Waals surface area contributed by atoms with Crippen LogP contribution in [0.15, 0.2) is 21.7 Å². The fraction of sp³-hybridized carbons (Fsp3) is 0.0909. The van der Waals surface area contributed by atoms with Gasteiger partial charge in [-0.2, -0.15) is 13.2 Å². The average Bonchev–Trinajstić information content (AvgIpc) is 2.45. The zero-order valence-electron chi connectivity index (χ0n) is 10.2. The molecule has 1 aromatic heterocycles. The molecular formula is C11H4ClF3N2O5. The Labute approximate surface area is 122 Å². The molecule has 0 saturated carbocycles. The van der Waals surface area contributed by atoms with E-state index >= 15 is 0 Å². The van der Waals surface area contributed by atoms with Gasteiger partial charge >= 0.3 is 11.9 Å². The van der Waals surface area contributed by atoms with Gasteiger partial charge in [-0.1, -0.05) is 11.6 Å². The Morgan fingerprint density at radius 1 is 1.27 bits per heavy atom. The normalized spacial score (nSPS) is 11.6. The number of aromatic hydroxyl groups is 1. The summed E-state index contributed by atoms with van der Waals surface area (Å²) in [6.07, 6.45) is -5.14. The maximum absolute atomic E-state index is 12.9. The molecule has 0 aliphatic carbocycles. The molecule has 1 heterocycles. The molecule has 0 spiro atoms. The van der Waals surface area contributed by atoms with E-state index in [4.69, 9.17) is 11.6 Å². The van der Waals surface area contributed by atoms with Crippen LogP contribution >= 0.6 is 11.6 Å². The highest BCUT2D eigenvalue weighted by molar-refractivity contribution is 6.35. The molecule has 2 aromatic rings. The molecule has 11 heteroatoms. The first-order valence-corrected chi connectivity index (χ1v) is 5.76. The second-order valence-corrected chi connectivity index (χ2v) is 4.51. The fourth-order valence-electron chi connectivity index (χ4n) is 1.85. The molecular weight excluding hydrogens is 333 g/mol. The van der Waals surface area contributed by atoms with Crippen molar-refractivity contribution in [2.75, 3.05) is 0 Å². The highest BCUT2D eigenvalue weighted by atomic mass is 35.5. The van der Waals surface area contributed by atoms with Gasteiger partial charge in [-0.25, -0.2) is 0 Å². The summed E-state index contributed by atoms with van der Waals surface area (Å²) in [6, 6.07) is 0.628. The van der Waals surface area contributed by atoms with E-state index in [0.29, 0.717) is 6.07 Å². The topological polar surface area (TPSA) is 113 Å². The maximum Gasteiger partial charge on any atom is 0.423 e. The molecule has 0 amide bonds. The van der Waals surface area contributed by atoms with E-state index in [1.807, 2.05) is 0 Å². The van der Waals surface area contributed by atoms with Crippen LogP contribution in [-0.4, -0.2) is 15.0 Å². The van der Waals surface area contributed by atoms with Crippen molar-refractivity contribution in [3.63, 3.8) is 0 Å². The molecule has 0 fully saturated rings. The van der Waals surface area contributed by atoms with Crippen molar-refractivity contribution < 1.29 is 23.2 Å². The van der Waals surface area contributed by atoms with Crippen molar-refractivity contribution in [3.05, 3.63) is 53.4 Å². The molecule has 0 unspecified atom stereocenters. The standard InChI is InChI=1S/C11H4ClF3N2O5/c12-4-1-3(11(13,14)15)9(17(21)22)8-7(4)5(18)2-6(19)10(20)16-8/h1-2,19H,(H,16,20). The van der Waals surface area contributed by atoms with Crippen LogP contribution in [0.3, 0.4) is 0 Å². The largest absolute Gasteiger partial charge is 0.503 e. The second kappa shape index (κ2) is 4.98. The molecule has 116 valence electrons. The van der Waals surface area contributed by atoms with E-state index < -0.39 is 55.0 Å². The Morgan fingerprint density at radius 3 is 2.36 bits per heavy atom. The number of halogens is 4. The average molecular weight is 337 g/mol. The van der Waals surface area contributed by atoms with Crippen LogP contribution in [0.2, 0.25) is 5.02 Å². The Hall–Kier alpha value is -2.62. The molecule has 7 nitrogen and oxygen atoms in total. The Bertz CT molecular complexity index is 923. The van der Waals surface area contributed by atoms with Gasteiger partial charge in [-0.05, 0) is 6.07 Å². The number of hydrogen-bond acceptors (Lipinski definition) is 5. The summed E-state index contributed by atoms with van der Waals surface area (Å²) in [5.41, 5.74) is -6.79. The number of fused-ring (bicyclic) bond motifs is 1. The summed E-state index contributed by atoms with van der Waals surface area (Å²) in [5.74, 6) is -1.11. The van der Waals surface area contributed by atoms with Crippen LogP contribution < -0.4 is 11.0 Å². The molecule has 2 N–H and O–H groups in total. The Balaban J connectivity index is 3.25.